The Morgan fingerprint density at radius 3 is 2.88 bits per heavy atom. The van der Waals surface area contributed by atoms with Crippen LogP contribution in [0.5, 0.6) is 0 Å². The molecule has 17 heavy (non-hydrogen) atoms. The molecule has 0 fully saturated rings. The molecule has 2 aromatic heterocycles. The van der Waals surface area contributed by atoms with Crippen molar-refractivity contribution in [2.75, 3.05) is 0 Å². The van der Waals surface area contributed by atoms with Gasteiger partial charge in [0, 0.05) is 11.6 Å². The number of hydrogen-bond donors (Lipinski definition) is 2. The normalized spacial score (nSPS) is 10.6. The SMILES string of the molecule is N#Cc1c(-c2ccn[nH]2)[nH]c2c(F)cccc12. The first-order valence-electron chi connectivity index (χ1n) is 5.01. The summed E-state index contributed by atoms with van der Waals surface area (Å²) in [7, 11) is 0. The number of benzene rings is 1. The van der Waals surface area contributed by atoms with Crippen molar-refractivity contribution in [3.05, 3.63) is 41.8 Å². The average molecular weight is 226 g/mol. The van der Waals surface area contributed by atoms with Crippen LogP contribution in [-0.2, 0) is 0 Å². The van der Waals surface area contributed by atoms with Crippen LogP contribution in [-0.4, -0.2) is 15.2 Å². The van der Waals surface area contributed by atoms with E-state index in [2.05, 4.69) is 21.3 Å². The summed E-state index contributed by atoms with van der Waals surface area (Å²) in [6.45, 7) is 0. The van der Waals surface area contributed by atoms with Gasteiger partial charge in [0.2, 0.25) is 0 Å². The summed E-state index contributed by atoms with van der Waals surface area (Å²) in [6.07, 6.45) is 1.58. The Hall–Kier alpha value is -2.61. The number of nitrogens with zero attached hydrogens (tertiary/aromatic N) is 2. The zero-order valence-corrected chi connectivity index (χ0v) is 8.66. The molecule has 3 aromatic rings. The third-order valence-corrected chi connectivity index (χ3v) is 2.66. The average Bonchev–Trinajstić information content (AvgIpc) is 2.95. The van der Waals surface area contributed by atoms with E-state index in [0.717, 1.165) is 0 Å². The lowest BCUT2D eigenvalue weighted by Crippen LogP contribution is -1.81. The molecular weight excluding hydrogens is 219 g/mol. The molecule has 0 saturated carbocycles. The largest absolute Gasteiger partial charge is 0.350 e. The predicted molar refractivity (Wildman–Crippen MR) is 60.6 cm³/mol. The highest BCUT2D eigenvalue weighted by atomic mass is 19.1. The van der Waals surface area contributed by atoms with E-state index in [1.54, 1.807) is 24.4 Å². The fourth-order valence-corrected chi connectivity index (χ4v) is 1.89. The van der Waals surface area contributed by atoms with Gasteiger partial charge in [-0.1, -0.05) is 12.1 Å². The van der Waals surface area contributed by atoms with Crippen molar-refractivity contribution in [3.63, 3.8) is 0 Å². The molecule has 2 N–H and O–H groups in total. The van der Waals surface area contributed by atoms with Gasteiger partial charge >= 0.3 is 0 Å². The maximum absolute atomic E-state index is 13.6. The van der Waals surface area contributed by atoms with Gasteiger partial charge in [-0.25, -0.2) is 4.39 Å². The third-order valence-electron chi connectivity index (χ3n) is 2.66. The maximum Gasteiger partial charge on any atom is 0.147 e. The molecule has 0 aliphatic heterocycles. The number of halogens is 1. The number of hydrogen-bond acceptors (Lipinski definition) is 2. The highest BCUT2D eigenvalue weighted by Gasteiger charge is 2.15. The van der Waals surface area contributed by atoms with Crippen LogP contribution in [0.1, 0.15) is 5.56 Å². The summed E-state index contributed by atoms with van der Waals surface area (Å²) in [4.78, 5) is 2.92. The van der Waals surface area contributed by atoms with E-state index in [1.165, 1.54) is 6.07 Å². The fraction of sp³-hybridized carbons (Fsp3) is 0. The number of rotatable bonds is 1. The molecule has 1 aromatic carbocycles. The molecule has 2 heterocycles. The molecule has 0 unspecified atom stereocenters. The minimum atomic E-state index is -0.371. The molecule has 3 rings (SSSR count). The minimum absolute atomic E-state index is 0.341. The van der Waals surface area contributed by atoms with Crippen LogP contribution in [0.15, 0.2) is 30.5 Å². The zero-order chi connectivity index (χ0) is 11.8. The Balaban J connectivity index is 2.41. The van der Waals surface area contributed by atoms with Gasteiger partial charge in [0.25, 0.3) is 0 Å². The summed E-state index contributed by atoms with van der Waals surface area (Å²) in [5, 5.41) is 16.3. The van der Waals surface area contributed by atoms with Crippen LogP contribution < -0.4 is 0 Å². The quantitative estimate of drug-likeness (QED) is 0.669. The standard InChI is InChI=1S/C12H7FN4/c13-9-3-1-2-7-8(6-14)12(16-11(7)9)10-4-5-15-17-10/h1-5,16H,(H,15,17). The van der Waals surface area contributed by atoms with E-state index in [-0.39, 0.29) is 5.82 Å². The molecule has 0 radical (unpaired) electrons. The van der Waals surface area contributed by atoms with Crippen LogP contribution in [0.3, 0.4) is 0 Å². The lowest BCUT2D eigenvalue weighted by molar-refractivity contribution is 0.637. The Labute approximate surface area is 95.7 Å². The predicted octanol–water partition coefficient (Wildman–Crippen LogP) is 2.57. The van der Waals surface area contributed by atoms with Crippen molar-refractivity contribution < 1.29 is 4.39 Å². The van der Waals surface area contributed by atoms with Crippen molar-refractivity contribution in [2.45, 2.75) is 0 Å². The van der Waals surface area contributed by atoms with Gasteiger partial charge < -0.3 is 4.98 Å². The van der Waals surface area contributed by atoms with Crippen molar-refractivity contribution >= 4 is 10.9 Å². The Morgan fingerprint density at radius 2 is 2.18 bits per heavy atom. The summed E-state index contributed by atoms with van der Waals surface area (Å²) in [6, 6.07) is 8.47. The lowest BCUT2D eigenvalue weighted by atomic mass is 10.1. The number of para-hydroxylation sites is 1. The molecule has 0 spiro atoms. The van der Waals surface area contributed by atoms with Gasteiger partial charge in [0.15, 0.2) is 0 Å². The van der Waals surface area contributed by atoms with E-state index < -0.39 is 0 Å². The highest BCUT2D eigenvalue weighted by Crippen LogP contribution is 2.29. The Morgan fingerprint density at radius 1 is 1.29 bits per heavy atom. The Kier molecular flexibility index (Phi) is 1.95. The van der Waals surface area contributed by atoms with Gasteiger partial charge in [-0.3, -0.25) is 5.10 Å². The Bertz CT molecular complexity index is 719. The molecule has 0 amide bonds. The zero-order valence-electron chi connectivity index (χ0n) is 8.66. The van der Waals surface area contributed by atoms with Crippen LogP contribution in [0.4, 0.5) is 4.39 Å². The molecular formula is C12H7FN4. The van der Waals surface area contributed by atoms with Crippen molar-refractivity contribution in [3.8, 4) is 17.5 Å². The second-order valence-electron chi connectivity index (χ2n) is 3.62. The molecule has 0 atom stereocenters. The number of fused-ring (bicyclic) bond motifs is 1. The topological polar surface area (TPSA) is 68.3 Å². The number of nitriles is 1. The molecule has 0 saturated heterocycles. The lowest BCUT2D eigenvalue weighted by Gasteiger charge is -1.91. The van der Waals surface area contributed by atoms with Crippen LogP contribution in [0.25, 0.3) is 22.3 Å². The van der Waals surface area contributed by atoms with Crippen LogP contribution in [0.2, 0.25) is 0 Å². The summed E-state index contributed by atoms with van der Waals surface area (Å²) >= 11 is 0. The first-order chi connectivity index (χ1) is 8.31. The molecule has 0 aliphatic rings. The smallest absolute Gasteiger partial charge is 0.147 e. The van der Waals surface area contributed by atoms with Crippen molar-refractivity contribution in [1.29, 1.82) is 5.26 Å². The monoisotopic (exact) mass is 226 g/mol. The number of nitrogens with one attached hydrogen (secondary N) is 2. The van der Waals surface area contributed by atoms with Gasteiger partial charge in [0.05, 0.1) is 22.5 Å². The third kappa shape index (κ3) is 1.31. The van der Waals surface area contributed by atoms with E-state index in [1.807, 2.05) is 0 Å². The minimum Gasteiger partial charge on any atom is -0.350 e. The first-order valence-corrected chi connectivity index (χ1v) is 5.01. The molecule has 5 heteroatoms. The van der Waals surface area contributed by atoms with Crippen molar-refractivity contribution in [2.24, 2.45) is 0 Å². The van der Waals surface area contributed by atoms with Crippen molar-refractivity contribution in [1.82, 2.24) is 15.2 Å². The molecule has 0 aliphatic carbocycles. The van der Waals surface area contributed by atoms with Gasteiger partial charge in [-0.05, 0) is 12.1 Å². The fourth-order valence-electron chi connectivity index (χ4n) is 1.89. The second-order valence-corrected chi connectivity index (χ2v) is 3.62. The second kappa shape index (κ2) is 3.46. The van der Waals surface area contributed by atoms with Crippen LogP contribution >= 0.6 is 0 Å². The van der Waals surface area contributed by atoms with Crippen LogP contribution in [0, 0.1) is 17.1 Å². The summed E-state index contributed by atoms with van der Waals surface area (Å²) < 4.78 is 13.6. The van der Waals surface area contributed by atoms with Gasteiger partial charge in [0.1, 0.15) is 11.9 Å². The number of aromatic amines is 2. The summed E-state index contributed by atoms with van der Waals surface area (Å²) in [5.41, 5.74) is 1.99. The van der Waals surface area contributed by atoms with E-state index in [4.69, 9.17) is 5.26 Å². The first kappa shape index (κ1) is 9.60. The van der Waals surface area contributed by atoms with Gasteiger partial charge in [-0.2, -0.15) is 10.4 Å². The van der Waals surface area contributed by atoms with E-state index in [0.29, 0.717) is 27.9 Å². The number of aromatic nitrogens is 3. The van der Waals surface area contributed by atoms with E-state index >= 15 is 0 Å². The molecule has 0 bridgehead atoms. The highest BCUT2D eigenvalue weighted by molar-refractivity contribution is 5.93. The molecule has 4 nitrogen and oxygen atoms in total. The summed E-state index contributed by atoms with van der Waals surface area (Å²) in [5.74, 6) is -0.371. The van der Waals surface area contributed by atoms with Gasteiger partial charge in [-0.15, -0.1) is 0 Å². The van der Waals surface area contributed by atoms with E-state index in [9.17, 15) is 4.39 Å². The maximum atomic E-state index is 13.6. The number of H-pyrrole nitrogens is 2. The molecule has 82 valence electrons.